The van der Waals surface area contributed by atoms with Crippen molar-refractivity contribution in [2.45, 2.75) is 45.7 Å². The molecular weight excluding hydrogens is 290 g/mol. The number of primary amides is 1. The number of benzene rings is 1. The Morgan fingerprint density at radius 3 is 2.61 bits per heavy atom. The van der Waals surface area contributed by atoms with Gasteiger partial charge in [0.25, 0.3) is 0 Å². The number of nitriles is 1. The molecule has 2 N–H and O–H groups in total. The van der Waals surface area contributed by atoms with Crippen LogP contribution in [0.25, 0.3) is 0 Å². The van der Waals surface area contributed by atoms with Crippen molar-refractivity contribution in [1.29, 1.82) is 5.26 Å². The van der Waals surface area contributed by atoms with Crippen molar-refractivity contribution < 1.29 is 9.53 Å². The van der Waals surface area contributed by atoms with E-state index < -0.39 is 11.9 Å². The van der Waals surface area contributed by atoms with Crippen LogP contribution in [0.4, 0.5) is 5.69 Å². The Balaban J connectivity index is 2.51. The van der Waals surface area contributed by atoms with E-state index in [1.165, 1.54) is 0 Å². The highest BCUT2D eigenvalue weighted by Gasteiger charge is 2.46. The summed E-state index contributed by atoms with van der Waals surface area (Å²) in [6, 6.07) is 9.40. The molecule has 1 heterocycles. The largest absolute Gasteiger partial charge is 0.495 e. The van der Waals surface area contributed by atoms with Crippen LogP contribution >= 0.6 is 0 Å². The van der Waals surface area contributed by atoms with Gasteiger partial charge in [0.05, 0.1) is 24.8 Å². The minimum absolute atomic E-state index is 0.0343. The Hall–Kier alpha value is -2.22. The molecule has 0 saturated carbocycles. The SMILES string of the molecule is COc1ccccc1N1C(C(N)=O)CC(C#N)C1CC(C)(C)C. The quantitative estimate of drug-likeness (QED) is 0.926. The van der Waals surface area contributed by atoms with E-state index in [1.54, 1.807) is 7.11 Å². The lowest BCUT2D eigenvalue weighted by atomic mass is 9.83. The van der Waals surface area contributed by atoms with Crippen molar-refractivity contribution in [3.8, 4) is 11.8 Å². The van der Waals surface area contributed by atoms with Crippen molar-refractivity contribution in [1.82, 2.24) is 0 Å². The topological polar surface area (TPSA) is 79.3 Å². The highest BCUT2D eigenvalue weighted by molar-refractivity contribution is 5.85. The Labute approximate surface area is 138 Å². The number of hydrogen-bond acceptors (Lipinski definition) is 4. The number of nitrogens with two attached hydrogens (primary N) is 1. The lowest BCUT2D eigenvalue weighted by Gasteiger charge is -2.36. The molecule has 1 amide bonds. The van der Waals surface area contributed by atoms with Crippen molar-refractivity contribution in [2.24, 2.45) is 17.1 Å². The molecule has 5 heteroatoms. The number of anilines is 1. The summed E-state index contributed by atoms with van der Waals surface area (Å²) in [5.41, 5.74) is 6.49. The number of nitrogens with zero attached hydrogens (tertiary/aromatic N) is 2. The minimum Gasteiger partial charge on any atom is -0.495 e. The second-order valence-electron chi connectivity index (χ2n) is 7.30. The van der Waals surface area contributed by atoms with Gasteiger partial charge >= 0.3 is 0 Å². The van der Waals surface area contributed by atoms with Gasteiger partial charge in [0.1, 0.15) is 11.8 Å². The van der Waals surface area contributed by atoms with Crippen LogP contribution in [0.5, 0.6) is 5.75 Å². The van der Waals surface area contributed by atoms with Gasteiger partial charge in [-0.2, -0.15) is 5.26 Å². The van der Waals surface area contributed by atoms with Crippen molar-refractivity contribution in [3.63, 3.8) is 0 Å². The monoisotopic (exact) mass is 315 g/mol. The van der Waals surface area contributed by atoms with Gasteiger partial charge in [-0.25, -0.2) is 0 Å². The fraction of sp³-hybridized carbons (Fsp3) is 0.556. The lowest BCUT2D eigenvalue weighted by molar-refractivity contribution is -0.119. The molecule has 1 fully saturated rings. The van der Waals surface area contributed by atoms with Gasteiger partial charge in [0.15, 0.2) is 0 Å². The average Bonchev–Trinajstić information content (AvgIpc) is 2.83. The molecule has 2 rings (SSSR count). The Bertz CT molecular complexity index is 615. The predicted octanol–water partition coefficient (Wildman–Crippen LogP) is 2.70. The summed E-state index contributed by atoms with van der Waals surface area (Å²) in [4.78, 5) is 14.0. The van der Waals surface area contributed by atoms with Crippen LogP contribution in [0.1, 0.15) is 33.6 Å². The molecule has 0 bridgehead atoms. The van der Waals surface area contributed by atoms with E-state index in [0.717, 1.165) is 12.1 Å². The van der Waals surface area contributed by atoms with Gasteiger partial charge in [-0.3, -0.25) is 4.79 Å². The second-order valence-corrected chi connectivity index (χ2v) is 7.30. The smallest absolute Gasteiger partial charge is 0.240 e. The normalized spacial score (nSPS) is 24.3. The van der Waals surface area contributed by atoms with E-state index in [4.69, 9.17) is 10.5 Å². The molecule has 5 nitrogen and oxygen atoms in total. The molecular formula is C18H25N3O2. The summed E-state index contributed by atoms with van der Waals surface area (Å²) in [6.07, 6.45) is 1.26. The summed E-state index contributed by atoms with van der Waals surface area (Å²) in [5, 5.41) is 9.56. The maximum atomic E-state index is 12.0. The van der Waals surface area contributed by atoms with Crippen LogP contribution in [-0.4, -0.2) is 25.1 Å². The van der Waals surface area contributed by atoms with Gasteiger partial charge in [0.2, 0.25) is 5.91 Å². The first-order chi connectivity index (χ1) is 10.8. The third-order valence-electron chi connectivity index (χ3n) is 4.31. The Morgan fingerprint density at radius 1 is 1.43 bits per heavy atom. The first-order valence-electron chi connectivity index (χ1n) is 7.89. The van der Waals surface area contributed by atoms with Crippen molar-refractivity contribution in [3.05, 3.63) is 24.3 Å². The van der Waals surface area contributed by atoms with Crippen LogP contribution in [0.2, 0.25) is 0 Å². The highest BCUT2D eigenvalue weighted by Crippen LogP contribution is 2.42. The van der Waals surface area contributed by atoms with E-state index in [9.17, 15) is 10.1 Å². The third-order valence-corrected chi connectivity index (χ3v) is 4.31. The van der Waals surface area contributed by atoms with E-state index in [2.05, 4.69) is 26.8 Å². The molecule has 1 aliphatic heterocycles. The third kappa shape index (κ3) is 3.58. The number of para-hydroxylation sites is 2. The molecule has 3 unspecified atom stereocenters. The maximum Gasteiger partial charge on any atom is 0.240 e. The highest BCUT2D eigenvalue weighted by atomic mass is 16.5. The number of methoxy groups -OCH3 is 1. The molecule has 1 aliphatic rings. The van der Waals surface area contributed by atoms with Crippen LogP contribution in [0.15, 0.2) is 24.3 Å². The second kappa shape index (κ2) is 6.49. The summed E-state index contributed by atoms with van der Waals surface area (Å²) in [6.45, 7) is 6.41. The zero-order chi connectivity index (χ0) is 17.2. The van der Waals surface area contributed by atoms with E-state index >= 15 is 0 Å². The fourth-order valence-electron chi connectivity index (χ4n) is 3.39. The maximum absolute atomic E-state index is 12.0. The summed E-state index contributed by atoms with van der Waals surface area (Å²) >= 11 is 0. The molecule has 0 spiro atoms. The number of ether oxygens (including phenoxy) is 1. The van der Waals surface area contributed by atoms with Gasteiger partial charge in [0, 0.05) is 6.04 Å². The van der Waals surface area contributed by atoms with Crippen LogP contribution < -0.4 is 15.4 Å². The number of amides is 1. The average molecular weight is 315 g/mol. The van der Waals surface area contributed by atoms with Gasteiger partial charge in [-0.1, -0.05) is 32.9 Å². The summed E-state index contributed by atoms with van der Waals surface area (Å²) in [7, 11) is 1.61. The molecule has 1 aromatic rings. The Kier molecular flexibility index (Phi) is 4.84. The van der Waals surface area contributed by atoms with Crippen molar-refractivity contribution >= 4 is 11.6 Å². The molecule has 0 aromatic heterocycles. The van der Waals surface area contributed by atoms with Crippen LogP contribution in [0, 0.1) is 22.7 Å². The molecule has 0 radical (unpaired) electrons. The van der Waals surface area contributed by atoms with Gasteiger partial charge < -0.3 is 15.4 Å². The zero-order valence-electron chi connectivity index (χ0n) is 14.2. The first kappa shape index (κ1) is 17.1. The molecule has 23 heavy (non-hydrogen) atoms. The molecule has 3 atom stereocenters. The van der Waals surface area contributed by atoms with E-state index in [-0.39, 0.29) is 17.4 Å². The lowest BCUT2D eigenvalue weighted by Crippen LogP contribution is -2.45. The standard InChI is InChI=1S/C18H25N3O2/c1-18(2,3)10-15-12(11-19)9-14(17(20)22)21(15)13-7-5-6-8-16(13)23-4/h5-8,12,14-15H,9-10H2,1-4H3,(H2,20,22). The molecule has 124 valence electrons. The fourth-order valence-corrected chi connectivity index (χ4v) is 3.39. The number of carbonyl (C=O) groups excluding carboxylic acids is 1. The molecule has 0 aliphatic carbocycles. The first-order valence-corrected chi connectivity index (χ1v) is 7.89. The summed E-state index contributed by atoms with van der Waals surface area (Å²) < 4.78 is 5.46. The Morgan fingerprint density at radius 2 is 2.09 bits per heavy atom. The minimum atomic E-state index is -0.483. The summed E-state index contributed by atoms with van der Waals surface area (Å²) in [5.74, 6) is 0.0699. The molecule has 1 aromatic carbocycles. The van der Waals surface area contributed by atoms with Gasteiger partial charge in [-0.05, 0) is 30.4 Å². The van der Waals surface area contributed by atoms with Crippen LogP contribution in [0.3, 0.4) is 0 Å². The predicted molar refractivity (Wildman–Crippen MR) is 90.0 cm³/mol. The number of carbonyl (C=O) groups is 1. The van der Waals surface area contributed by atoms with E-state index in [0.29, 0.717) is 12.2 Å². The number of rotatable bonds is 4. The zero-order valence-corrected chi connectivity index (χ0v) is 14.2. The number of hydrogen-bond donors (Lipinski definition) is 1. The van der Waals surface area contributed by atoms with Crippen molar-refractivity contribution in [2.75, 3.05) is 12.0 Å². The molecule has 1 saturated heterocycles. The van der Waals surface area contributed by atoms with Crippen LogP contribution in [-0.2, 0) is 4.79 Å². The van der Waals surface area contributed by atoms with E-state index in [1.807, 2.05) is 29.2 Å². The van der Waals surface area contributed by atoms with Gasteiger partial charge in [-0.15, -0.1) is 0 Å².